The minimum absolute atomic E-state index is 0.245. The van der Waals surface area contributed by atoms with E-state index in [0.29, 0.717) is 16.2 Å². The molecule has 116 valence electrons. The van der Waals surface area contributed by atoms with Gasteiger partial charge in [0.05, 0.1) is 10.6 Å². The molecule has 1 aliphatic rings. The SMILES string of the molecule is O=C(Nc1csc(-c2nncn2C2CC2)c1)c1ncccc1Br. The van der Waals surface area contributed by atoms with E-state index in [0.717, 1.165) is 16.4 Å². The van der Waals surface area contributed by atoms with Crippen LogP contribution in [0.4, 0.5) is 5.69 Å². The number of hydrogen-bond donors (Lipinski definition) is 1. The Hall–Kier alpha value is -2.06. The predicted molar refractivity (Wildman–Crippen MR) is 91.5 cm³/mol. The molecule has 0 radical (unpaired) electrons. The zero-order valence-electron chi connectivity index (χ0n) is 11.9. The largest absolute Gasteiger partial charge is 0.320 e. The number of nitrogens with zero attached hydrogens (tertiary/aromatic N) is 4. The molecule has 1 saturated carbocycles. The summed E-state index contributed by atoms with van der Waals surface area (Å²) in [5.41, 5.74) is 1.10. The molecule has 0 aliphatic heterocycles. The van der Waals surface area contributed by atoms with E-state index in [9.17, 15) is 4.79 Å². The number of carbonyl (C=O) groups excluding carboxylic acids is 1. The van der Waals surface area contributed by atoms with Gasteiger partial charge in [-0.25, -0.2) is 4.98 Å². The van der Waals surface area contributed by atoms with Gasteiger partial charge in [-0.3, -0.25) is 4.79 Å². The van der Waals surface area contributed by atoms with Crippen molar-refractivity contribution >= 4 is 38.9 Å². The fourth-order valence-corrected chi connectivity index (χ4v) is 3.56. The summed E-state index contributed by atoms with van der Waals surface area (Å²) < 4.78 is 2.77. The fourth-order valence-electron chi connectivity index (χ4n) is 2.30. The van der Waals surface area contributed by atoms with Crippen LogP contribution in [0.5, 0.6) is 0 Å². The van der Waals surface area contributed by atoms with Crippen LogP contribution in [-0.4, -0.2) is 25.7 Å². The quantitative estimate of drug-likeness (QED) is 0.737. The second-order valence-electron chi connectivity index (χ2n) is 5.28. The van der Waals surface area contributed by atoms with Gasteiger partial charge in [-0.05, 0) is 47.0 Å². The molecule has 1 amide bonds. The lowest BCUT2D eigenvalue weighted by atomic mass is 10.3. The van der Waals surface area contributed by atoms with Gasteiger partial charge in [0.2, 0.25) is 0 Å². The average molecular weight is 390 g/mol. The second kappa shape index (κ2) is 5.86. The van der Waals surface area contributed by atoms with Gasteiger partial charge in [-0.1, -0.05) is 0 Å². The topological polar surface area (TPSA) is 72.7 Å². The number of anilines is 1. The number of carbonyl (C=O) groups is 1. The number of halogens is 1. The van der Waals surface area contributed by atoms with Gasteiger partial charge < -0.3 is 9.88 Å². The Kier molecular flexibility index (Phi) is 3.70. The third-order valence-electron chi connectivity index (χ3n) is 3.56. The van der Waals surface area contributed by atoms with Gasteiger partial charge in [0.1, 0.15) is 12.0 Å². The predicted octanol–water partition coefficient (Wildman–Crippen LogP) is 3.75. The molecule has 1 fully saturated rings. The smallest absolute Gasteiger partial charge is 0.275 e. The summed E-state index contributed by atoms with van der Waals surface area (Å²) in [5.74, 6) is 0.613. The van der Waals surface area contributed by atoms with E-state index < -0.39 is 0 Å². The maximum absolute atomic E-state index is 12.3. The molecule has 6 nitrogen and oxygen atoms in total. The molecule has 3 heterocycles. The van der Waals surface area contributed by atoms with E-state index in [-0.39, 0.29) is 5.91 Å². The van der Waals surface area contributed by atoms with Crippen LogP contribution in [0, 0.1) is 0 Å². The second-order valence-corrected chi connectivity index (χ2v) is 7.05. The minimum Gasteiger partial charge on any atom is -0.320 e. The lowest BCUT2D eigenvalue weighted by Gasteiger charge is -2.03. The van der Waals surface area contributed by atoms with Crippen LogP contribution in [0.25, 0.3) is 10.7 Å². The highest BCUT2D eigenvalue weighted by Crippen LogP contribution is 2.39. The van der Waals surface area contributed by atoms with Crippen molar-refractivity contribution in [3.8, 4) is 10.7 Å². The number of pyridine rings is 1. The third kappa shape index (κ3) is 2.91. The summed E-state index contributed by atoms with van der Waals surface area (Å²) >= 11 is 4.87. The van der Waals surface area contributed by atoms with Crippen molar-refractivity contribution in [2.45, 2.75) is 18.9 Å². The molecule has 23 heavy (non-hydrogen) atoms. The number of rotatable bonds is 4. The van der Waals surface area contributed by atoms with E-state index in [1.165, 1.54) is 24.2 Å². The Balaban J connectivity index is 1.55. The fraction of sp³-hybridized carbons (Fsp3) is 0.200. The van der Waals surface area contributed by atoms with Gasteiger partial charge in [0, 0.05) is 22.1 Å². The number of amides is 1. The van der Waals surface area contributed by atoms with E-state index >= 15 is 0 Å². The normalized spacial score (nSPS) is 14.0. The summed E-state index contributed by atoms with van der Waals surface area (Å²) in [7, 11) is 0. The van der Waals surface area contributed by atoms with Gasteiger partial charge >= 0.3 is 0 Å². The Morgan fingerprint density at radius 2 is 2.30 bits per heavy atom. The molecule has 3 aromatic heterocycles. The summed E-state index contributed by atoms with van der Waals surface area (Å²) in [6.07, 6.45) is 5.72. The molecule has 0 spiro atoms. The Bertz CT molecular complexity index is 870. The van der Waals surface area contributed by atoms with Crippen molar-refractivity contribution in [1.82, 2.24) is 19.7 Å². The molecule has 0 unspecified atom stereocenters. The Morgan fingerprint density at radius 1 is 1.43 bits per heavy atom. The monoisotopic (exact) mass is 389 g/mol. The first-order valence-electron chi connectivity index (χ1n) is 7.12. The van der Waals surface area contributed by atoms with Crippen LogP contribution in [0.1, 0.15) is 29.4 Å². The van der Waals surface area contributed by atoms with Crippen molar-refractivity contribution < 1.29 is 4.79 Å². The molecule has 0 saturated heterocycles. The van der Waals surface area contributed by atoms with Crippen LogP contribution in [-0.2, 0) is 0 Å². The first-order valence-corrected chi connectivity index (χ1v) is 8.80. The van der Waals surface area contributed by atoms with Gasteiger partial charge in [-0.2, -0.15) is 0 Å². The Morgan fingerprint density at radius 3 is 3.09 bits per heavy atom. The third-order valence-corrected chi connectivity index (χ3v) is 5.13. The van der Waals surface area contributed by atoms with Crippen LogP contribution >= 0.6 is 27.3 Å². The zero-order valence-corrected chi connectivity index (χ0v) is 14.3. The number of thiophene rings is 1. The van der Waals surface area contributed by atoms with Crippen LogP contribution in [0.15, 0.2) is 40.6 Å². The lowest BCUT2D eigenvalue weighted by Crippen LogP contribution is -2.13. The van der Waals surface area contributed by atoms with Gasteiger partial charge in [0.15, 0.2) is 5.82 Å². The molecule has 0 atom stereocenters. The highest BCUT2D eigenvalue weighted by Gasteiger charge is 2.27. The van der Waals surface area contributed by atoms with E-state index in [1.807, 2.05) is 11.4 Å². The molecular formula is C15H12BrN5OS. The van der Waals surface area contributed by atoms with E-state index in [2.05, 4.69) is 41.0 Å². The highest BCUT2D eigenvalue weighted by molar-refractivity contribution is 9.10. The number of aromatic nitrogens is 4. The molecule has 0 aromatic carbocycles. The maximum Gasteiger partial charge on any atom is 0.275 e. The minimum atomic E-state index is -0.245. The van der Waals surface area contributed by atoms with Crippen LogP contribution < -0.4 is 5.32 Å². The number of nitrogens with one attached hydrogen (secondary N) is 1. The van der Waals surface area contributed by atoms with E-state index in [1.54, 1.807) is 24.7 Å². The molecule has 1 N–H and O–H groups in total. The van der Waals surface area contributed by atoms with Crippen molar-refractivity contribution in [2.75, 3.05) is 5.32 Å². The van der Waals surface area contributed by atoms with Crippen molar-refractivity contribution in [3.05, 3.63) is 46.3 Å². The molecule has 8 heteroatoms. The van der Waals surface area contributed by atoms with Crippen molar-refractivity contribution in [2.24, 2.45) is 0 Å². The van der Waals surface area contributed by atoms with E-state index in [4.69, 9.17) is 0 Å². The Labute approximate surface area is 144 Å². The van der Waals surface area contributed by atoms with Gasteiger partial charge in [-0.15, -0.1) is 21.5 Å². The molecule has 1 aliphatic carbocycles. The highest BCUT2D eigenvalue weighted by atomic mass is 79.9. The average Bonchev–Trinajstić information content (AvgIpc) is 3.09. The van der Waals surface area contributed by atoms with Crippen molar-refractivity contribution in [1.29, 1.82) is 0 Å². The summed E-state index contributed by atoms with van der Waals surface area (Å²) in [4.78, 5) is 17.4. The summed E-state index contributed by atoms with van der Waals surface area (Å²) in [5, 5.41) is 13.0. The lowest BCUT2D eigenvalue weighted by molar-refractivity contribution is 0.102. The molecular weight excluding hydrogens is 378 g/mol. The van der Waals surface area contributed by atoms with Gasteiger partial charge in [0.25, 0.3) is 5.91 Å². The number of hydrogen-bond acceptors (Lipinski definition) is 5. The molecule has 3 aromatic rings. The first-order chi connectivity index (χ1) is 11.2. The van der Waals surface area contributed by atoms with Crippen LogP contribution in [0.2, 0.25) is 0 Å². The first kappa shape index (κ1) is 14.5. The maximum atomic E-state index is 12.3. The summed E-state index contributed by atoms with van der Waals surface area (Å²) in [6, 6.07) is 6.00. The molecule has 4 rings (SSSR count). The standard InChI is InChI=1S/C15H12BrN5OS/c16-11-2-1-5-17-13(11)15(22)19-9-6-12(23-7-9)14-20-18-8-21(14)10-3-4-10/h1-2,5-8,10H,3-4H2,(H,19,22). The van der Waals surface area contributed by atoms with Crippen molar-refractivity contribution in [3.63, 3.8) is 0 Å². The van der Waals surface area contributed by atoms with Crippen LogP contribution in [0.3, 0.4) is 0 Å². The molecule has 0 bridgehead atoms. The summed E-state index contributed by atoms with van der Waals surface area (Å²) in [6.45, 7) is 0. The zero-order chi connectivity index (χ0) is 15.8.